The predicted octanol–water partition coefficient (Wildman–Crippen LogP) is 5.86. The minimum atomic E-state index is -1.49. The molecule has 4 rings (SSSR count). The number of nitrogens with one attached hydrogen (secondary N) is 1. The van der Waals surface area contributed by atoms with Crippen LogP contribution < -0.4 is 15.7 Å². The number of hydroxylamine groups is 1. The van der Waals surface area contributed by atoms with Gasteiger partial charge in [0.25, 0.3) is 0 Å². The second-order valence-corrected chi connectivity index (χ2v) is 9.39. The molecule has 2 radical (unpaired) electrons. The van der Waals surface area contributed by atoms with Crippen LogP contribution in [0.2, 0.25) is 0 Å². The van der Waals surface area contributed by atoms with E-state index in [0.29, 0.717) is 47.5 Å². The van der Waals surface area contributed by atoms with E-state index in [4.69, 9.17) is 17.4 Å². The first kappa shape index (κ1) is 28.6. The van der Waals surface area contributed by atoms with Gasteiger partial charge in [-0.1, -0.05) is 31.8 Å². The highest BCUT2D eigenvalue weighted by Gasteiger charge is 2.20. The molecule has 1 atom stereocenters. The monoisotopic (exact) mass is 533 g/mol. The minimum Gasteiger partial charge on any atom is -0.494 e. The molecule has 0 fully saturated rings. The van der Waals surface area contributed by atoms with Crippen molar-refractivity contribution < 1.29 is 22.7 Å². The molecule has 0 amide bonds. The Hall–Kier alpha value is -3.43. The van der Waals surface area contributed by atoms with E-state index >= 15 is 0 Å². The van der Waals surface area contributed by atoms with Gasteiger partial charge in [-0.15, -0.1) is 0 Å². The number of pyridine rings is 2. The van der Waals surface area contributed by atoms with E-state index in [1.54, 1.807) is 13.3 Å². The standard InChI is InChI=1S/C30H31BF3N3O2/c1-5-7-18-14-22(37-30(23(18)6-2)24-8-9-25(32)28(34)27(24)33)10-11-36-39-17(3)19-12-20-13-21(31)16-35-29(20)26(15-19)38-4/h8-9,12-17,36H,5-7,10-11H2,1-4H3. The molecule has 202 valence electrons. The predicted molar refractivity (Wildman–Crippen MR) is 148 cm³/mol. The topological polar surface area (TPSA) is 56.3 Å². The van der Waals surface area contributed by atoms with E-state index in [-0.39, 0.29) is 11.7 Å². The van der Waals surface area contributed by atoms with Crippen LogP contribution in [-0.2, 0) is 24.1 Å². The fraction of sp³-hybridized carbons (Fsp3) is 0.333. The van der Waals surface area contributed by atoms with Crippen molar-refractivity contribution in [1.82, 2.24) is 15.4 Å². The number of rotatable bonds is 11. The van der Waals surface area contributed by atoms with E-state index in [0.717, 1.165) is 41.0 Å². The third-order valence-electron chi connectivity index (χ3n) is 6.66. The SMILES string of the molecule is [B]c1cnc2c(OC)cc(C(C)ONCCc3cc(CCC)c(CC)c(-c4ccc(F)c(F)c4F)n3)cc2c1. The van der Waals surface area contributed by atoms with Gasteiger partial charge in [0.05, 0.1) is 12.8 Å². The van der Waals surface area contributed by atoms with Crippen molar-refractivity contribution in [3.05, 3.63) is 82.4 Å². The molecule has 0 spiro atoms. The zero-order chi connectivity index (χ0) is 28.1. The first-order valence-electron chi connectivity index (χ1n) is 13.0. The highest BCUT2D eigenvalue weighted by Crippen LogP contribution is 2.31. The van der Waals surface area contributed by atoms with E-state index in [1.807, 2.05) is 38.1 Å². The zero-order valence-corrected chi connectivity index (χ0v) is 22.6. The molecular formula is C30H31BF3N3O2. The van der Waals surface area contributed by atoms with E-state index in [1.165, 1.54) is 6.07 Å². The summed E-state index contributed by atoms with van der Waals surface area (Å²) < 4.78 is 47.9. The number of hydrogen-bond acceptors (Lipinski definition) is 5. The quantitative estimate of drug-likeness (QED) is 0.113. The van der Waals surface area contributed by atoms with E-state index in [9.17, 15) is 13.2 Å². The van der Waals surface area contributed by atoms with Crippen LogP contribution in [0.3, 0.4) is 0 Å². The van der Waals surface area contributed by atoms with Gasteiger partial charge in [-0.05, 0) is 66.8 Å². The molecule has 4 aromatic rings. The third-order valence-corrected chi connectivity index (χ3v) is 6.66. The lowest BCUT2D eigenvalue weighted by Crippen LogP contribution is -2.21. The maximum atomic E-state index is 14.7. The summed E-state index contributed by atoms with van der Waals surface area (Å²) in [7, 11) is 7.49. The zero-order valence-electron chi connectivity index (χ0n) is 22.6. The van der Waals surface area contributed by atoms with Gasteiger partial charge in [0.2, 0.25) is 0 Å². The summed E-state index contributed by atoms with van der Waals surface area (Å²) >= 11 is 0. The molecule has 5 nitrogen and oxygen atoms in total. The number of methoxy groups -OCH3 is 1. The first-order chi connectivity index (χ1) is 18.8. The number of hydrogen-bond donors (Lipinski definition) is 1. The maximum absolute atomic E-state index is 14.7. The van der Waals surface area contributed by atoms with Gasteiger partial charge in [0.1, 0.15) is 25.2 Å². The Kier molecular flexibility index (Phi) is 9.25. The molecule has 2 heterocycles. The first-order valence-corrected chi connectivity index (χ1v) is 13.0. The Morgan fingerprint density at radius 3 is 2.54 bits per heavy atom. The Morgan fingerprint density at radius 1 is 1.03 bits per heavy atom. The molecular weight excluding hydrogens is 502 g/mol. The Morgan fingerprint density at radius 2 is 1.82 bits per heavy atom. The molecule has 2 aromatic carbocycles. The molecule has 0 saturated carbocycles. The van der Waals surface area contributed by atoms with Crippen LogP contribution in [0.1, 0.15) is 55.7 Å². The fourth-order valence-electron chi connectivity index (χ4n) is 4.71. The van der Waals surface area contributed by atoms with Crippen LogP contribution in [0.25, 0.3) is 22.2 Å². The van der Waals surface area contributed by atoms with Crippen molar-refractivity contribution >= 4 is 24.2 Å². The van der Waals surface area contributed by atoms with Gasteiger partial charge >= 0.3 is 0 Å². The van der Waals surface area contributed by atoms with Crippen LogP contribution >= 0.6 is 0 Å². The van der Waals surface area contributed by atoms with Crippen LogP contribution in [0, 0.1) is 17.5 Å². The van der Waals surface area contributed by atoms with Crippen molar-refractivity contribution in [2.45, 2.75) is 52.6 Å². The Labute approximate surface area is 228 Å². The molecule has 0 saturated heterocycles. The van der Waals surface area contributed by atoms with Crippen molar-refractivity contribution in [2.75, 3.05) is 13.7 Å². The average Bonchev–Trinajstić information content (AvgIpc) is 2.93. The molecule has 2 aromatic heterocycles. The summed E-state index contributed by atoms with van der Waals surface area (Å²) in [5, 5.41) is 0.848. The van der Waals surface area contributed by atoms with E-state index in [2.05, 4.69) is 22.4 Å². The number of halogens is 3. The highest BCUT2D eigenvalue weighted by molar-refractivity contribution is 6.32. The van der Waals surface area contributed by atoms with Crippen LogP contribution in [0.5, 0.6) is 5.75 Å². The van der Waals surface area contributed by atoms with Crippen molar-refractivity contribution in [1.29, 1.82) is 0 Å². The number of aromatic nitrogens is 2. The molecule has 0 aliphatic carbocycles. The fourth-order valence-corrected chi connectivity index (χ4v) is 4.71. The molecule has 0 aliphatic heterocycles. The summed E-state index contributed by atoms with van der Waals surface area (Å²) in [6.07, 6.45) is 3.99. The summed E-state index contributed by atoms with van der Waals surface area (Å²) in [4.78, 5) is 14.9. The molecule has 1 unspecified atom stereocenters. The lowest BCUT2D eigenvalue weighted by molar-refractivity contribution is -0.0158. The van der Waals surface area contributed by atoms with Crippen LogP contribution in [0.4, 0.5) is 13.2 Å². The van der Waals surface area contributed by atoms with Gasteiger partial charge in [0, 0.05) is 35.8 Å². The molecule has 0 aliphatic rings. The van der Waals surface area contributed by atoms with Gasteiger partial charge in [-0.2, -0.15) is 0 Å². The Bertz CT molecular complexity index is 1480. The summed E-state index contributed by atoms with van der Waals surface area (Å²) in [6.45, 7) is 6.33. The van der Waals surface area contributed by atoms with Gasteiger partial charge < -0.3 is 4.74 Å². The van der Waals surface area contributed by atoms with E-state index < -0.39 is 17.5 Å². The highest BCUT2D eigenvalue weighted by atomic mass is 19.2. The Balaban J connectivity index is 1.52. The number of aryl methyl sites for hydroxylation is 1. The molecule has 0 bridgehead atoms. The average molecular weight is 533 g/mol. The van der Waals surface area contributed by atoms with Gasteiger partial charge in [-0.3, -0.25) is 14.8 Å². The summed E-state index contributed by atoms with van der Waals surface area (Å²) in [6, 6.07) is 9.85. The maximum Gasteiger partial charge on any atom is 0.195 e. The van der Waals surface area contributed by atoms with Crippen LogP contribution in [-0.4, -0.2) is 31.5 Å². The van der Waals surface area contributed by atoms with Crippen LogP contribution in [0.15, 0.2) is 42.6 Å². The summed E-state index contributed by atoms with van der Waals surface area (Å²) in [5.74, 6) is -3.32. The number of nitrogens with zero attached hydrogens (tertiary/aromatic N) is 2. The third kappa shape index (κ3) is 6.26. The molecule has 39 heavy (non-hydrogen) atoms. The molecule has 9 heteroatoms. The lowest BCUT2D eigenvalue weighted by atomic mass is 9.94. The van der Waals surface area contributed by atoms with Gasteiger partial charge in [0.15, 0.2) is 17.5 Å². The number of ether oxygens (including phenoxy) is 1. The number of benzene rings is 2. The lowest BCUT2D eigenvalue weighted by Gasteiger charge is -2.18. The number of fused-ring (bicyclic) bond motifs is 1. The van der Waals surface area contributed by atoms with Crippen molar-refractivity contribution in [3.63, 3.8) is 0 Å². The smallest absolute Gasteiger partial charge is 0.195 e. The molecule has 1 N–H and O–H groups in total. The summed E-state index contributed by atoms with van der Waals surface area (Å²) in [5.41, 5.74) is 8.01. The normalized spacial score (nSPS) is 12.2. The second-order valence-electron chi connectivity index (χ2n) is 9.39. The van der Waals surface area contributed by atoms with Crippen molar-refractivity contribution in [2.24, 2.45) is 0 Å². The largest absolute Gasteiger partial charge is 0.494 e. The minimum absolute atomic E-state index is 0.0387. The van der Waals surface area contributed by atoms with Crippen molar-refractivity contribution in [3.8, 4) is 17.0 Å². The second kappa shape index (κ2) is 12.6. The van der Waals surface area contributed by atoms with Gasteiger partial charge in [-0.25, -0.2) is 18.7 Å².